The Hall–Kier alpha value is -1.43. The van der Waals surface area contributed by atoms with Crippen molar-refractivity contribution in [2.75, 3.05) is 5.32 Å². The van der Waals surface area contributed by atoms with Gasteiger partial charge in [0.1, 0.15) is 0 Å². The number of hydrogen-bond acceptors (Lipinski definition) is 4. The number of anilines is 1. The van der Waals surface area contributed by atoms with Crippen LogP contribution in [0.5, 0.6) is 0 Å². The molecule has 1 aliphatic carbocycles. The van der Waals surface area contributed by atoms with Crippen LogP contribution in [0.3, 0.4) is 0 Å². The van der Waals surface area contributed by atoms with Gasteiger partial charge in [-0.05, 0) is 50.3 Å². The molecule has 6 heteroatoms. The standard InChI is InChI=1S/C18H23N3OS.ClH/c1-10(11(2)19)17(22)21-18-20-16(12(3)23-18)15-8-7-13-5-4-6-14(13)9-15;/h7-11H,4-6,19H2,1-3H3,(H,20,21,22);1H. The third-order valence-electron chi connectivity index (χ3n) is 4.60. The lowest BCUT2D eigenvalue weighted by Gasteiger charge is -2.13. The van der Waals surface area contributed by atoms with Crippen LogP contribution in [0.1, 0.15) is 36.3 Å². The van der Waals surface area contributed by atoms with Gasteiger partial charge in [-0.25, -0.2) is 4.98 Å². The van der Waals surface area contributed by atoms with Gasteiger partial charge in [0.15, 0.2) is 5.13 Å². The SMILES string of the molecule is Cc1sc(NC(=O)C(C)C(C)N)nc1-c1ccc2c(c1)CCC2.Cl. The number of halogens is 1. The van der Waals surface area contributed by atoms with Crippen molar-refractivity contribution in [2.45, 2.75) is 46.1 Å². The fourth-order valence-corrected chi connectivity index (χ4v) is 3.73. The van der Waals surface area contributed by atoms with Crippen molar-refractivity contribution in [3.63, 3.8) is 0 Å². The van der Waals surface area contributed by atoms with Gasteiger partial charge in [0.25, 0.3) is 0 Å². The first-order valence-electron chi connectivity index (χ1n) is 8.11. The summed E-state index contributed by atoms with van der Waals surface area (Å²) in [5.41, 5.74) is 10.8. The number of benzene rings is 1. The number of amides is 1. The van der Waals surface area contributed by atoms with Crippen LogP contribution in [0.2, 0.25) is 0 Å². The van der Waals surface area contributed by atoms with E-state index in [4.69, 9.17) is 5.73 Å². The van der Waals surface area contributed by atoms with Crippen LogP contribution in [-0.2, 0) is 17.6 Å². The van der Waals surface area contributed by atoms with Crippen molar-refractivity contribution in [1.29, 1.82) is 0 Å². The zero-order valence-corrected chi connectivity index (χ0v) is 15.9. The average molecular weight is 366 g/mol. The maximum Gasteiger partial charge on any atom is 0.230 e. The molecule has 0 bridgehead atoms. The molecule has 130 valence electrons. The van der Waals surface area contributed by atoms with Crippen molar-refractivity contribution < 1.29 is 4.79 Å². The average Bonchev–Trinajstić information content (AvgIpc) is 3.11. The van der Waals surface area contributed by atoms with Gasteiger partial charge < -0.3 is 11.1 Å². The van der Waals surface area contributed by atoms with Crippen LogP contribution in [0, 0.1) is 12.8 Å². The number of aryl methyl sites for hydroxylation is 3. The number of hydrogen-bond donors (Lipinski definition) is 2. The summed E-state index contributed by atoms with van der Waals surface area (Å²) in [5.74, 6) is -0.308. The lowest BCUT2D eigenvalue weighted by molar-refractivity contribution is -0.119. The Bertz CT molecular complexity index is 742. The molecule has 1 aromatic heterocycles. The molecule has 4 nitrogen and oxygen atoms in total. The third kappa shape index (κ3) is 3.79. The van der Waals surface area contributed by atoms with Crippen molar-refractivity contribution >= 4 is 34.8 Å². The Morgan fingerprint density at radius 2 is 2.00 bits per heavy atom. The summed E-state index contributed by atoms with van der Waals surface area (Å²) in [5, 5.41) is 3.54. The van der Waals surface area contributed by atoms with E-state index in [1.54, 1.807) is 0 Å². The fraction of sp³-hybridized carbons (Fsp3) is 0.444. The predicted molar refractivity (Wildman–Crippen MR) is 103 cm³/mol. The molecule has 1 heterocycles. The van der Waals surface area contributed by atoms with Gasteiger partial charge in [0.05, 0.1) is 11.6 Å². The molecule has 0 radical (unpaired) electrons. The van der Waals surface area contributed by atoms with E-state index in [1.165, 1.54) is 35.3 Å². The Labute approximate surface area is 153 Å². The van der Waals surface area contributed by atoms with Crippen molar-refractivity contribution in [3.8, 4) is 11.3 Å². The second-order valence-electron chi connectivity index (χ2n) is 6.40. The number of rotatable bonds is 4. The first-order valence-corrected chi connectivity index (χ1v) is 8.93. The molecule has 24 heavy (non-hydrogen) atoms. The number of thiazole rings is 1. The van der Waals surface area contributed by atoms with Crippen molar-refractivity contribution in [1.82, 2.24) is 4.98 Å². The van der Waals surface area contributed by atoms with Crippen LogP contribution in [0.25, 0.3) is 11.3 Å². The smallest absolute Gasteiger partial charge is 0.230 e. The largest absolute Gasteiger partial charge is 0.327 e. The minimum absolute atomic E-state index is 0. The molecule has 2 aromatic rings. The highest BCUT2D eigenvalue weighted by molar-refractivity contribution is 7.16. The summed E-state index contributed by atoms with van der Waals surface area (Å²) in [6, 6.07) is 6.43. The lowest BCUT2D eigenvalue weighted by atomic mass is 10.0. The van der Waals surface area contributed by atoms with Gasteiger partial charge in [-0.2, -0.15) is 0 Å². The first kappa shape index (κ1) is 18.9. The Kier molecular flexibility index (Phi) is 6.01. The molecule has 1 amide bonds. The van der Waals surface area contributed by atoms with E-state index in [2.05, 4.69) is 28.5 Å². The number of aromatic nitrogens is 1. The molecule has 1 aliphatic rings. The molecule has 2 atom stereocenters. The zero-order valence-electron chi connectivity index (χ0n) is 14.3. The molecule has 1 aromatic carbocycles. The van der Waals surface area contributed by atoms with Crippen molar-refractivity contribution in [2.24, 2.45) is 11.7 Å². The van der Waals surface area contributed by atoms with E-state index in [1.807, 2.05) is 20.8 Å². The number of nitrogens with two attached hydrogens (primary N) is 1. The second kappa shape index (κ2) is 7.64. The predicted octanol–water partition coefficient (Wildman–Crippen LogP) is 3.95. The Morgan fingerprint density at radius 3 is 2.71 bits per heavy atom. The summed E-state index contributed by atoms with van der Waals surface area (Å²) < 4.78 is 0. The zero-order chi connectivity index (χ0) is 16.6. The highest BCUT2D eigenvalue weighted by atomic mass is 35.5. The summed E-state index contributed by atoms with van der Waals surface area (Å²) in [6.07, 6.45) is 3.58. The molecule has 0 spiro atoms. The number of nitrogens with one attached hydrogen (secondary N) is 1. The molecule has 0 aliphatic heterocycles. The second-order valence-corrected chi connectivity index (χ2v) is 7.60. The Morgan fingerprint density at radius 1 is 1.29 bits per heavy atom. The summed E-state index contributed by atoms with van der Waals surface area (Å²) >= 11 is 1.52. The quantitative estimate of drug-likeness (QED) is 0.861. The summed E-state index contributed by atoms with van der Waals surface area (Å²) in [4.78, 5) is 17.9. The van der Waals surface area contributed by atoms with Gasteiger partial charge >= 0.3 is 0 Å². The highest BCUT2D eigenvalue weighted by Crippen LogP contribution is 2.33. The summed E-state index contributed by atoms with van der Waals surface area (Å²) in [7, 11) is 0. The van der Waals surface area contributed by atoms with Gasteiger partial charge in [-0.3, -0.25) is 4.79 Å². The van der Waals surface area contributed by atoms with Crippen LogP contribution >= 0.6 is 23.7 Å². The van der Waals surface area contributed by atoms with Crippen LogP contribution in [-0.4, -0.2) is 16.9 Å². The monoisotopic (exact) mass is 365 g/mol. The maximum atomic E-state index is 12.1. The third-order valence-corrected chi connectivity index (χ3v) is 5.49. The van der Waals surface area contributed by atoms with Crippen LogP contribution in [0.15, 0.2) is 18.2 Å². The van der Waals surface area contributed by atoms with E-state index in [-0.39, 0.29) is 30.3 Å². The molecule has 3 rings (SSSR count). The van der Waals surface area contributed by atoms with Crippen LogP contribution in [0.4, 0.5) is 5.13 Å². The molecular formula is C18H24ClN3OS. The molecular weight excluding hydrogens is 342 g/mol. The van der Waals surface area contributed by atoms with E-state index < -0.39 is 0 Å². The van der Waals surface area contributed by atoms with Crippen molar-refractivity contribution in [3.05, 3.63) is 34.2 Å². The molecule has 0 saturated carbocycles. The minimum atomic E-state index is -0.234. The maximum absolute atomic E-state index is 12.1. The first-order chi connectivity index (χ1) is 11.0. The normalized spacial score (nSPS) is 15.3. The van der Waals surface area contributed by atoms with Gasteiger partial charge in [-0.1, -0.05) is 19.1 Å². The van der Waals surface area contributed by atoms with E-state index >= 15 is 0 Å². The van der Waals surface area contributed by atoms with E-state index in [9.17, 15) is 4.79 Å². The van der Waals surface area contributed by atoms with Gasteiger partial charge in [0, 0.05) is 16.5 Å². The molecule has 2 unspecified atom stereocenters. The number of carbonyl (C=O) groups is 1. The highest BCUT2D eigenvalue weighted by Gasteiger charge is 2.20. The van der Waals surface area contributed by atoms with Gasteiger partial charge in [-0.15, -0.1) is 23.7 Å². The van der Waals surface area contributed by atoms with Crippen LogP contribution < -0.4 is 11.1 Å². The Balaban J connectivity index is 0.00000208. The number of carbonyl (C=O) groups excluding carboxylic acids is 1. The molecule has 3 N–H and O–H groups in total. The molecule has 0 fully saturated rings. The van der Waals surface area contributed by atoms with Gasteiger partial charge in [0.2, 0.25) is 5.91 Å². The van der Waals surface area contributed by atoms with E-state index in [0.29, 0.717) is 5.13 Å². The number of nitrogens with zero attached hydrogens (tertiary/aromatic N) is 1. The summed E-state index contributed by atoms with van der Waals surface area (Å²) in [6.45, 7) is 5.72. The number of fused-ring (bicyclic) bond motifs is 1. The lowest BCUT2D eigenvalue weighted by Crippen LogP contribution is -2.34. The van der Waals surface area contributed by atoms with E-state index in [0.717, 1.165) is 22.6 Å². The molecule has 0 saturated heterocycles. The fourth-order valence-electron chi connectivity index (χ4n) is 2.89. The topological polar surface area (TPSA) is 68.0 Å². The minimum Gasteiger partial charge on any atom is -0.327 e.